The lowest BCUT2D eigenvalue weighted by molar-refractivity contribution is 0.0187. The molecule has 1 aliphatic rings. The average Bonchev–Trinajstić information content (AvgIpc) is 3.13. The van der Waals surface area contributed by atoms with E-state index in [9.17, 15) is 4.79 Å². The number of anilines is 1. The Balaban J connectivity index is 1.56. The Kier molecular flexibility index (Phi) is 4.45. The molecule has 0 spiro atoms. The highest BCUT2D eigenvalue weighted by Gasteiger charge is 2.22. The third-order valence-electron chi connectivity index (χ3n) is 4.45. The molecule has 1 saturated heterocycles. The molecular weight excluding hydrogens is 320 g/mol. The predicted molar refractivity (Wildman–Crippen MR) is 94.6 cm³/mol. The molecule has 2 aromatic heterocycles. The SMILES string of the molecule is O=c1[nH]c(NC[C@@H](c2ccccc2)N2CCOCC2)nc2[nH]ncc12. The molecule has 3 N–H and O–H groups in total. The van der Waals surface area contributed by atoms with Crippen LogP contribution in [-0.4, -0.2) is 57.9 Å². The maximum absolute atomic E-state index is 12.1. The third-order valence-corrected chi connectivity index (χ3v) is 4.45. The number of H-pyrrole nitrogens is 2. The zero-order valence-corrected chi connectivity index (χ0v) is 13.7. The Morgan fingerprint density at radius 2 is 2.04 bits per heavy atom. The number of fused-ring (bicyclic) bond motifs is 1. The van der Waals surface area contributed by atoms with Gasteiger partial charge in [-0.15, -0.1) is 0 Å². The molecule has 4 rings (SSSR count). The number of hydrogen-bond donors (Lipinski definition) is 3. The molecule has 3 heterocycles. The smallest absolute Gasteiger partial charge is 0.263 e. The van der Waals surface area contributed by atoms with Gasteiger partial charge in [0.1, 0.15) is 5.39 Å². The van der Waals surface area contributed by atoms with Crippen molar-refractivity contribution in [2.75, 3.05) is 38.2 Å². The van der Waals surface area contributed by atoms with Gasteiger partial charge in [0.15, 0.2) is 5.65 Å². The van der Waals surface area contributed by atoms with Crippen LogP contribution in [0.4, 0.5) is 5.95 Å². The van der Waals surface area contributed by atoms with Crippen molar-refractivity contribution in [1.29, 1.82) is 0 Å². The van der Waals surface area contributed by atoms with Crippen LogP contribution in [0.15, 0.2) is 41.3 Å². The molecular formula is C17H20N6O2. The summed E-state index contributed by atoms with van der Waals surface area (Å²) in [5.41, 5.74) is 1.50. The van der Waals surface area contributed by atoms with E-state index in [4.69, 9.17) is 4.74 Å². The fourth-order valence-electron chi connectivity index (χ4n) is 3.14. The van der Waals surface area contributed by atoms with Crippen molar-refractivity contribution in [3.8, 4) is 0 Å². The number of morpholine rings is 1. The van der Waals surface area contributed by atoms with Crippen molar-refractivity contribution >= 4 is 17.0 Å². The molecule has 1 aliphatic heterocycles. The minimum Gasteiger partial charge on any atom is -0.379 e. The minimum atomic E-state index is -0.205. The molecule has 8 nitrogen and oxygen atoms in total. The number of ether oxygens (including phenoxy) is 1. The number of aromatic amines is 2. The molecule has 0 bridgehead atoms. The van der Waals surface area contributed by atoms with Gasteiger partial charge in [-0.3, -0.25) is 19.8 Å². The van der Waals surface area contributed by atoms with Gasteiger partial charge in [0.2, 0.25) is 5.95 Å². The topological polar surface area (TPSA) is 98.9 Å². The Bertz CT molecular complexity index is 885. The van der Waals surface area contributed by atoms with Crippen LogP contribution in [0.3, 0.4) is 0 Å². The van der Waals surface area contributed by atoms with Crippen molar-refractivity contribution in [2.45, 2.75) is 6.04 Å². The van der Waals surface area contributed by atoms with Gasteiger partial charge in [-0.1, -0.05) is 30.3 Å². The number of nitrogens with one attached hydrogen (secondary N) is 3. The van der Waals surface area contributed by atoms with E-state index in [2.05, 4.69) is 42.5 Å². The summed E-state index contributed by atoms with van der Waals surface area (Å²) in [4.78, 5) is 21.6. The van der Waals surface area contributed by atoms with Crippen molar-refractivity contribution < 1.29 is 4.74 Å². The highest BCUT2D eigenvalue weighted by molar-refractivity contribution is 5.73. The van der Waals surface area contributed by atoms with E-state index < -0.39 is 0 Å². The van der Waals surface area contributed by atoms with Crippen LogP contribution >= 0.6 is 0 Å². The Labute approximate surface area is 144 Å². The lowest BCUT2D eigenvalue weighted by Gasteiger charge is -2.35. The molecule has 130 valence electrons. The highest BCUT2D eigenvalue weighted by Crippen LogP contribution is 2.22. The van der Waals surface area contributed by atoms with E-state index in [1.54, 1.807) is 0 Å². The van der Waals surface area contributed by atoms with E-state index >= 15 is 0 Å². The second-order valence-corrected chi connectivity index (χ2v) is 6.00. The zero-order chi connectivity index (χ0) is 17.1. The number of hydrogen-bond acceptors (Lipinski definition) is 6. The molecule has 0 amide bonds. The standard InChI is InChI=1S/C17H20N6O2/c24-16-13-10-19-22-15(13)20-17(21-16)18-11-14(12-4-2-1-3-5-12)23-6-8-25-9-7-23/h1-5,10,14H,6-9,11H2,(H3,18,19,20,21,22,24)/t14-/m0/s1. The maximum atomic E-state index is 12.1. The molecule has 25 heavy (non-hydrogen) atoms. The molecule has 8 heteroatoms. The maximum Gasteiger partial charge on any atom is 0.263 e. The number of nitrogens with zero attached hydrogens (tertiary/aromatic N) is 3. The van der Waals surface area contributed by atoms with E-state index in [-0.39, 0.29) is 11.6 Å². The first-order valence-corrected chi connectivity index (χ1v) is 8.35. The molecule has 1 atom stereocenters. The minimum absolute atomic E-state index is 0.174. The normalized spacial score (nSPS) is 16.8. The van der Waals surface area contributed by atoms with Crippen LogP contribution in [0.25, 0.3) is 11.0 Å². The predicted octanol–water partition coefficient (Wildman–Crippen LogP) is 1.13. The monoisotopic (exact) mass is 340 g/mol. The zero-order valence-electron chi connectivity index (χ0n) is 13.7. The van der Waals surface area contributed by atoms with E-state index in [0.29, 0.717) is 23.5 Å². The molecule has 0 unspecified atom stereocenters. The molecule has 1 aromatic carbocycles. The van der Waals surface area contributed by atoms with Crippen molar-refractivity contribution in [2.24, 2.45) is 0 Å². The first-order valence-electron chi connectivity index (χ1n) is 8.35. The first kappa shape index (κ1) is 15.8. The summed E-state index contributed by atoms with van der Waals surface area (Å²) in [6.45, 7) is 3.86. The van der Waals surface area contributed by atoms with Crippen LogP contribution in [0, 0.1) is 0 Å². The van der Waals surface area contributed by atoms with E-state index in [1.807, 2.05) is 18.2 Å². The molecule has 0 radical (unpaired) electrons. The Morgan fingerprint density at radius 3 is 2.84 bits per heavy atom. The largest absolute Gasteiger partial charge is 0.379 e. The Morgan fingerprint density at radius 1 is 1.24 bits per heavy atom. The quantitative estimate of drug-likeness (QED) is 0.644. The molecule has 0 saturated carbocycles. The van der Waals surface area contributed by atoms with Gasteiger partial charge in [0.25, 0.3) is 5.56 Å². The summed E-state index contributed by atoms with van der Waals surface area (Å²) in [6.07, 6.45) is 1.48. The van der Waals surface area contributed by atoms with Crippen LogP contribution in [0.1, 0.15) is 11.6 Å². The van der Waals surface area contributed by atoms with Crippen molar-refractivity contribution in [3.63, 3.8) is 0 Å². The van der Waals surface area contributed by atoms with Gasteiger partial charge < -0.3 is 10.1 Å². The van der Waals surface area contributed by atoms with Gasteiger partial charge in [-0.05, 0) is 5.56 Å². The van der Waals surface area contributed by atoms with Crippen LogP contribution in [0.5, 0.6) is 0 Å². The fourth-order valence-corrected chi connectivity index (χ4v) is 3.14. The fraction of sp³-hybridized carbons (Fsp3) is 0.353. The van der Waals surface area contributed by atoms with Crippen molar-refractivity contribution in [1.82, 2.24) is 25.1 Å². The van der Waals surface area contributed by atoms with Gasteiger partial charge >= 0.3 is 0 Å². The summed E-state index contributed by atoms with van der Waals surface area (Å²) in [6, 6.07) is 10.5. The van der Waals surface area contributed by atoms with Gasteiger partial charge in [-0.25, -0.2) is 0 Å². The summed E-state index contributed by atoms with van der Waals surface area (Å²) >= 11 is 0. The van der Waals surface area contributed by atoms with E-state index in [1.165, 1.54) is 11.8 Å². The van der Waals surface area contributed by atoms with Gasteiger partial charge in [0.05, 0.1) is 25.5 Å². The van der Waals surface area contributed by atoms with Gasteiger partial charge in [0, 0.05) is 19.6 Å². The summed E-state index contributed by atoms with van der Waals surface area (Å²) in [5.74, 6) is 0.441. The lowest BCUT2D eigenvalue weighted by atomic mass is 10.0. The third kappa shape index (κ3) is 3.40. The van der Waals surface area contributed by atoms with Crippen molar-refractivity contribution in [3.05, 3.63) is 52.4 Å². The van der Waals surface area contributed by atoms with Gasteiger partial charge in [-0.2, -0.15) is 10.1 Å². The number of aromatic nitrogens is 4. The molecule has 1 fully saturated rings. The second kappa shape index (κ2) is 7.04. The van der Waals surface area contributed by atoms with Crippen LogP contribution in [-0.2, 0) is 4.74 Å². The number of benzene rings is 1. The summed E-state index contributed by atoms with van der Waals surface area (Å²) < 4.78 is 5.47. The lowest BCUT2D eigenvalue weighted by Crippen LogP contribution is -2.41. The van der Waals surface area contributed by atoms with E-state index in [0.717, 1.165) is 26.3 Å². The van der Waals surface area contributed by atoms with Crippen LogP contribution < -0.4 is 10.9 Å². The summed E-state index contributed by atoms with van der Waals surface area (Å²) in [5, 5.41) is 10.3. The molecule has 3 aromatic rings. The number of rotatable bonds is 5. The molecule has 0 aliphatic carbocycles. The van der Waals surface area contributed by atoms with Crippen LogP contribution in [0.2, 0.25) is 0 Å². The second-order valence-electron chi connectivity index (χ2n) is 6.00. The average molecular weight is 340 g/mol. The Hall–Kier alpha value is -2.71. The first-order chi connectivity index (χ1) is 12.3. The summed E-state index contributed by atoms with van der Waals surface area (Å²) in [7, 11) is 0. The highest BCUT2D eigenvalue weighted by atomic mass is 16.5.